The summed E-state index contributed by atoms with van der Waals surface area (Å²) in [6.07, 6.45) is 7.30. The first-order valence-corrected chi connectivity index (χ1v) is 4.63. The van der Waals surface area contributed by atoms with Crippen LogP contribution in [0, 0.1) is 6.92 Å². The number of aromatic nitrogens is 3. The zero-order chi connectivity index (χ0) is 10.7. The Labute approximate surface area is 87.7 Å². The Morgan fingerprint density at radius 1 is 1.13 bits per heavy atom. The molecule has 1 N–H and O–H groups in total. The molecule has 15 heavy (non-hydrogen) atoms. The molecule has 0 amide bonds. The van der Waals surface area contributed by atoms with Crippen LogP contribution in [0.5, 0.6) is 0 Å². The molecule has 1 atom stereocenters. The predicted octanol–water partition coefficient (Wildman–Crippen LogP) is 1.26. The Morgan fingerprint density at radius 3 is 2.67 bits per heavy atom. The van der Waals surface area contributed by atoms with Crippen LogP contribution in [0.1, 0.15) is 22.9 Å². The number of aliphatic hydroxyl groups excluding tert-OH is 1. The van der Waals surface area contributed by atoms with Gasteiger partial charge in [-0.15, -0.1) is 0 Å². The minimum atomic E-state index is -0.758. The molecule has 0 aromatic carbocycles. The van der Waals surface area contributed by atoms with Crippen molar-refractivity contribution in [3.63, 3.8) is 0 Å². The lowest BCUT2D eigenvalue weighted by atomic mass is 10.1. The standard InChI is InChI=1S/C11H11N3O/c1-8-4-9(6-13-5-8)11(15)10-7-12-2-3-14-10/h2-7,11,15H,1H3. The molecule has 0 aliphatic heterocycles. The van der Waals surface area contributed by atoms with Crippen molar-refractivity contribution in [1.29, 1.82) is 0 Å². The lowest BCUT2D eigenvalue weighted by Crippen LogP contribution is -2.03. The average molecular weight is 201 g/mol. The zero-order valence-corrected chi connectivity index (χ0v) is 8.33. The molecule has 2 heterocycles. The van der Waals surface area contributed by atoms with E-state index in [1.165, 1.54) is 0 Å². The smallest absolute Gasteiger partial charge is 0.124 e. The van der Waals surface area contributed by atoms with Crippen LogP contribution >= 0.6 is 0 Å². The van der Waals surface area contributed by atoms with Crippen molar-refractivity contribution >= 4 is 0 Å². The van der Waals surface area contributed by atoms with Crippen LogP contribution in [-0.4, -0.2) is 20.1 Å². The third-order valence-electron chi connectivity index (χ3n) is 2.08. The Kier molecular flexibility index (Phi) is 2.69. The van der Waals surface area contributed by atoms with Gasteiger partial charge in [0.05, 0.1) is 11.9 Å². The van der Waals surface area contributed by atoms with Crippen LogP contribution in [-0.2, 0) is 0 Å². The van der Waals surface area contributed by atoms with Crippen LogP contribution in [0.4, 0.5) is 0 Å². The highest BCUT2D eigenvalue weighted by Gasteiger charge is 2.11. The van der Waals surface area contributed by atoms with E-state index in [0.717, 1.165) is 11.1 Å². The summed E-state index contributed by atoms with van der Waals surface area (Å²) in [5, 5.41) is 9.97. The van der Waals surface area contributed by atoms with E-state index in [1.807, 2.05) is 13.0 Å². The Hall–Kier alpha value is -1.81. The quantitative estimate of drug-likeness (QED) is 0.794. The van der Waals surface area contributed by atoms with Gasteiger partial charge < -0.3 is 5.11 Å². The first-order valence-electron chi connectivity index (χ1n) is 4.63. The number of nitrogens with zero attached hydrogens (tertiary/aromatic N) is 3. The van der Waals surface area contributed by atoms with Crippen molar-refractivity contribution in [3.05, 3.63) is 53.9 Å². The van der Waals surface area contributed by atoms with Crippen molar-refractivity contribution < 1.29 is 5.11 Å². The molecule has 0 aliphatic carbocycles. The van der Waals surface area contributed by atoms with Crippen LogP contribution < -0.4 is 0 Å². The second kappa shape index (κ2) is 4.14. The minimum Gasteiger partial charge on any atom is -0.382 e. The van der Waals surface area contributed by atoms with Crippen molar-refractivity contribution in [2.75, 3.05) is 0 Å². The topological polar surface area (TPSA) is 58.9 Å². The van der Waals surface area contributed by atoms with Gasteiger partial charge in [0.1, 0.15) is 6.10 Å². The monoisotopic (exact) mass is 201 g/mol. The molecule has 4 heteroatoms. The number of rotatable bonds is 2. The van der Waals surface area contributed by atoms with Gasteiger partial charge in [0.15, 0.2) is 0 Å². The van der Waals surface area contributed by atoms with Crippen LogP contribution in [0.15, 0.2) is 37.1 Å². The summed E-state index contributed by atoms with van der Waals surface area (Å²) in [4.78, 5) is 12.0. The molecule has 0 fully saturated rings. The largest absolute Gasteiger partial charge is 0.382 e. The normalized spacial score (nSPS) is 12.4. The number of hydrogen-bond donors (Lipinski definition) is 1. The second-order valence-electron chi connectivity index (χ2n) is 3.33. The first kappa shape index (κ1) is 9.73. The van der Waals surface area contributed by atoms with Crippen molar-refractivity contribution in [2.24, 2.45) is 0 Å². The maximum Gasteiger partial charge on any atom is 0.124 e. The first-order chi connectivity index (χ1) is 7.27. The third-order valence-corrected chi connectivity index (χ3v) is 2.08. The van der Waals surface area contributed by atoms with E-state index in [1.54, 1.807) is 31.0 Å². The Bertz CT molecular complexity index is 445. The zero-order valence-electron chi connectivity index (χ0n) is 8.33. The molecule has 0 saturated heterocycles. The second-order valence-corrected chi connectivity index (χ2v) is 3.33. The molecule has 4 nitrogen and oxygen atoms in total. The molecule has 2 aromatic heterocycles. The Morgan fingerprint density at radius 2 is 2.00 bits per heavy atom. The van der Waals surface area contributed by atoms with Gasteiger partial charge in [0.25, 0.3) is 0 Å². The maximum atomic E-state index is 9.97. The molecule has 0 bridgehead atoms. The third kappa shape index (κ3) is 2.16. The van der Waals surface area contributed by atoms with Gasteiger partial charge in [0, 0.05) is 30.4 Å². The minimum absolute atomic E-state index is 0.532. The number of aryl methyl sites for hydroxylation is 1. The highest BCUT2D eigenvalue weighted by molar-refractivity contribution is 5.24. The van der Waals surface area contributed by atoms with Crippen molar-refractivity contribution in [2.45, 2.75) is 13.0 Å². The summed E-state index contributed by atoms with van der Waals surface area (Å²) < 4.78 is 0. The lowest BCUT2D eigenvalue weighted by molar-refractivity contribution is 0.214. The fourth-order valence-electron chi connectivity index (χ4n) is 1.35. The van der Waals surface area contributed by atoms with Crippen molar-refractivity contribution in [1.82, 2.24) is 15.0 Å². The maximum absolute atomic E-state index is 9.97. The molecular weight excluding hydrogens is 190 g/mol. The van der Waals surface area contributed by atoms with Gasteiger partial charge in [0.2, 0.25) is 0 Å². The fourth-order valence-corrected chi connectivity index (χ4v) is 1.35. The van der Waals surface area contributed by atoms with E-state index in [0.29, 0.717) is 5.69 Å². The molecule has 2 rings (SSSR count). The summed E-state index contributed by atoms with van der Waals surface area (Å²) in [6, 6.07) is 1.88. The summed E-state index contributed by atoms with van der Waals surface area (Å²) >= 11 is 0. The van der Waals surface area contributed by atoms with Gasteiger partial charge in [-0.2, -0.15) is 0 Å². The highest BCUT2D eigenvalue weighted by Crippen LogP contribution is 2.18. The molecule has 2 aromatic rings. The molecule has 0 saturated carbocycles. The average Bonchev–Trinajstić information content (AvgIpc) is 2.29. The molecule has 0 radical (unpaired) electrons. The number of pyridine rings is 1. The summed E-state index contributed by atoms with van der Waals surface area (Å²) in [7, 11) is 0. The van der Waals surface area contributed by atoms with Gasteiger partial charge in [-0.05, 0) is 12.5 Å². The highest BCUT2D eigenvalue weighted by atomic mass is 16.3. The molecule has 0 spiro atoms. The molecule has 1 unspecified atom stereocenters. The van der Waals surface area contributed by atoms with E-state index in [4.69, 9.17) is 0 Å². The fraction of sp³-hybridized carbons (Fsp3) is 0.182. The van der Waals surface area contributed by atoms with Gasteiger partial charge in [-0.25, -0.2) is 0 Å². The van der Waals surface area contributed by atoms with Crippen molar-refractivity contribution in [3.8, 4) is 0 Å². The molecular formula is C11H11N3O. The van der Waals surface area contributed by atoms with Gasteiger partial charge >= 0.3 is 0 Å². The van der Waals surface area contributed by atoms with E-state index < -0.39 is 6.10 Å². The molecule has 76 valence electrons. The van der Waals surface area contributed by atoms with E-state index >= 15 is 0 Å². The SMILES string of the molecule is Cc1cncc(C(O)c2cnccn2)c1. The van der Waals surface area contributed by atoms with Crippen LogP contribution in [0.3, 0.4) is 0 Å². The van der Waals surface area contributed by atoms with E-state index in [2.05, 4.69) is 15.0 Å². The summed E-state index contributed by atoms with van der Waals surface area (Å²) in [6.45, 7) is 1.93. The lowest BCUT2D eigenvalue weighted by Gasteiger charge is -2.09. The predicted molar refractivity (Wildman–Crippen MR) is 55.1 cm³/mol. The van der Waals surface area contributed by atoms with E-state index in [-0.39, 0.29) is 0 Å². The molecule has 0 aliphatic rings. The van der Waals surface area contributed by atoms with Crippen LogP contribution in [0.2, 0.25) is 0 Å². The Balaban J connectivity index is 2.32. The van der Waals surface area contributed by atoms with Gasteiger partial charge in [-0.3, -0.25) is 15.0 Å². The summed E-state index contributed by atoms with van der Waals surface area (Å²) in [5.74, 6) is 0. The number of aliphatic hydroxyl groups is 1. The number of hydrogen-bond acceptors (Lipinski definition) is 4. The van der Waals surface area contributed by atoms with E-state index in [9.17, 15) is 5.11 Å². The van der Waals surface area contributed by atoms with Crippen LogP contribution in [0.25, 0.3) is 0 Å². The summed E-state index contributed by atoms with van der Waals surface area (Å²) in [5.41, 5.74) is 2.27. The van der Waals surface area contributed by atoms with Gasteiger partial charge in [-0.1, -0.05) is 6.07 Å².